The number of rotatable bonds is 42. The van der Waals surface area contributed by atoms with Gasteiger partial charge in [-0.2, -0.15) is 0 Å². The van der Waals surface area contributed by atoms with Gasteiger partial charge in [-0.25, -0.2) is 0 Å². The molecule has 0 aliphatic carbocycles. The van der Waals surface area contributed by atoms with Crippen LogP contribution < -0.4 is 0 Å². The quantitative estimate of drug-likeness (QED) is 0.0384. The van der Waals surface area contributed by atoms with Crippen LogP contribution in [0.5, 0.6) is 0 Å². The van der Waals surface area contributed by atoms with Crippen LogP contribution in [-0.2, 0) is 19.1 Å². The largest absolute Gasteiger partial charge is 0.463 e. The molecule has 52 heavy (non-hydrogen) atoms. The fourth-order valence-corrected chi connectivity index (χ4v) is 6.67. The summed E-state index contributed by atoms with van der Waals surface area (Å²) in [4.78, 5) is 24.0. The van der Waals surface area contributed by atoms with Gasteiger partial charge in [0.2, 0.25) is 0 Å². The molecule has 0 aliphatic heterocycles. The molecular weight excluding hydrogens is 645 g/mol. The van der Waals surface area contributed by atoms with E-state index < -0.39 is 6.10 Å². The van der Waals surface area contributed by atoms with Crippen molar-refractivity contribution in [3.63, 3.8) is 0 Å². The van der Waals surface area contributed by atoms with Gasteiger partial charge in [0.25, 0.3) is 0 Å². The lowest BCUT2D eigenvalue weighted by atomic mass is 10.0. The highest BCUT2D eigenvalue weighted by molar-refractivity contribution is 5.69. The summed E-state index contributed by atoms with van der Waals surface area (Å²) < 4.78 is 10.4. The van der Waals surface area contributed by atoms with Crippen LogP contribution in [-0.4, -0.2) is 36.4 Å². The summed E-state index contributed by atoms with van der Waals surface area (Å²) >= 11 is 0. The van der Waals surface area contributed by atoms with E-state index in [2.05, 4.69) is 38.2 Å². The van der Waals surface area contributed by atoms with Crippen molar-refractivity contribution in [3.8, 4) is 0 Å². The molecule has 1 N–H and O–H groups in total. The zero-order valence-corrected chi connectivity index (χ0v) is 34.8. The van der Waals surface area contributed by atoms with Crippen LogP contribution in [0.3, 0.4) is 0 Å². The van der Waals surface area contributed by atoms with Crippen molar-refractivity contribution in [3.05, 3.63) is 24.3 Å². The molecule has 5 nitrogen and oxygen atoms in total. The van der Waals surface area contributed by atoms with Crippen molar-refractivity contribution in [2.75, 3.05) is 13.2 Å². The molecule has 0 heterocycles. The molecule has 0 aromatic rings. The number of hydrogen-bond acceptors (Lipinski definition) is 5. The Bertz CT molecular complexity index is 791. The SMILES string of the molecule is CCCCCCCC/C=C\CCCCCCCCCCCCCC(=O)OC[C@H](O)COC(=O)CCCCCCCCC/C=C\CCCCCCCC. The highest BCUT2D eigenvalue weighted by Gasteiger charge is 2.12. The third-order valence-corrected chi connectivity index (χ3v) is 10.2. The number of unbranched alkanes of at least 4 members (excludes halogenated alkanes) is 30. The van der Waals surface area contributed by atoms with Gasteiger partial charge in [0.1, 0.15) is 19.3 Å². The van der Waals surface area contributed by atoms with Gasteiger partial charge < -0.3 is 14.6 Å². The monoisotopic (exact) mass is 733 g/mol. The van der Waals surface area contributed by atoms with E-state index >= 15 is 0 Å². The minimum Gasteiger partial charge on any atom is -0.463 e. The smallest absolute Gasteiger partial charge is 0.305 e. The molecule has 0 saturated carbocycles. The van der Waals surface area contributed by atoms with Gasteiger partial charge in [0, 0.05) is 12.8 Å². The molecule has 5 heteroatoms. The first-order valence-corrected chi connectivity index (χ1v) is 22.9. The van der Waals surface area contributed by atoms with Gasteiger partial charge in [0.05, 0.1) is 0 Å². The van der Waals surface area contributed by atoms with Crippen LogP contribution in [0.1, 0.15) is 245 Å². The van der Waals surface area contributed by atoms with E-state index in [-0.39, 0.29) is 25.2 Å². The molecule has 0 spiro atoms. The number of carbonyl (C=O) groups is 2. The van der Waals surface area contributed by atoms with Gasteiger partial charge in [-0.15, -0.1) is 0 Å². The van der Waals surface area contributed by atoms with Crippen molar-refractivity contribution in [1.82, 2.24) is 0 Å². The van der Waals surface area contributed by atoms with Crippen LogP contribution in [0.25, 0.3) is 0 Å². The highest BCUT2D eigenvalue weighted by atomic mass is 16.6. The average Bonchev–Trinajstić information content (AvgIpc) is 3.15. The first kappa shape index (κ1) is 50.4. The number of aliphatic hydroxyl groups is 1. The second-order valence-electron chi connectivity index (χ2n) is 15.5. The van der Waals surface area contributed by atoms with E-state index in [9.17, 15) is 14.7 Å². The molecule has 0 unspecified atom stereocenters. The summed E-state index contributed by atoms with van der Waals surface area (Å²) in [7, 11) is 0. The molecule has 306 valence electrons. The van der Waals surface area contributed by atoms with Crippen LogP contribution in [0.15, 0.2) is 24.3 Å². The van der Waals surface area contributed by atoms with Crippen molar-refractivity contribution in [2.45, 2.75) is 251 Å². The third-order valence-electron chi connectivity index (χ3n) is 10.2. The normalized spacial score (nSPS) is 12.3. The number of hydrogen-bond donors (Lipinski definition) is 1. The van der Waals surface area contributed by atoms with Crippen LogP contribution in [0.4, 0.5) is 0 Å². The summed E-state index contributed by atoms with van der Waals surface area (Å²) in [5.74, 6) is -0.561. The second kappa shape index (κ2) is 43.8. The van der Waals surface area contributed by atoms with Crippen molar-refractivity contribution in [2.24, 2.45) is 0 Å². The molecule has 0 radical (unpaired) electrons. The van der Waals surface area contributed by atoms with Gasteiger partial charge in [0.15, 0.2) is 0 Å². The Balaban J connectivity index is 3.39. The summed E-state index contributed by atoms with van der Waals surface area (Å²) in [6.07, 6.45) is 52.5. The fourth-order valence-electron chi connectivity index (χ4n) is 6.67. The Morgan fingerprint density at radius 1 is 0.385 bits per heavy atom. The van der Waals surface area contributed by atoms with E-state index in [1.165, 1.54) is 180 Å². The highest BCUT2D eigenvalue weighted by Crippen LogP contribution is 2.15. The lowest BCUT2D eigenvalue weighted by Gasteiger charge is -2.12. The molecule has 0 aromatic carbocycles. The molecule has 0 amide bonds. The predicted molar refractivity (Wildman–Crippen MR) is 224 cm³/mol. The van der Waals surface area contributed by atoms with E-state index in [1.54, 1.807) is 0 Å². The summed E-state index contributed by atoms with van der Waals surface area (Å²) in [5, 5.41) is 10.1. The van der Waals surface area contributed by atoms with Crippen molar-refractivity contribution < 1.29 is 24.2 Å². The standard InChI is InChI=1S/C47H88O5/c1-3-5-7-9-11-13-15-17-19-21-22-23-24-26-28-30-32-34-36-38-40-42-47(50)52-44-45(48)43-51-46(49)41-39-37-35-33-31-29-27-25-20-18-16-14-12-10-8-6-4-2/h17-20,45,48H,3-16,21-44H2,1-2H3/b19-17-,20-18-/t45-/m1/s1. The minimum absolute atomic E-state index is 0.114. The Kier molecular flexibility index (Phi) is 42.4. The lowest BCUT2D eigenvalue weighted by molar-refractivity contribution is -0.152. The maximum atomic E-state index is 12.0. The van der Waals surface area contributed by atoms with Crippen LogP contribution >= 0.6 is 0 Å². The fraction of sp³-hybridized carbons (Fsp3) is 0.872. The minimum atomic E-state index is -0.963. The number of allylic oxidation sites excluding steroid dienone is 4. The van der Waals surface area contributed by atoms with Crippen molar-refractivity contribution in [1.29, 1.82) is 0 Å². The van der Waals surface area contributed by atoms with Crippen LogP contribution in [0, 0.1) is 0 Å². The molecule has 0 aromatic heterocycles. The van der Waals surface area contributed by atoms with Crippen molar-refractivity contribution >= 4 is 11.9 Å². The summed E-state index contributed by atoms with van der Waals surface area (Å²) in [6, 6.07) is 0. The molecular formula is C47H88O5. The predicted octanol–water partition coefficient (Wildman–Crippen LogP) is 14.6. The third kappa shape index (κ3) is 42.8. The Hall–Kier alpha value is -1.62. The first-order chi connectivity index (χ1) is 25.6. The average molecular weight is 733 g/mol. The number of ether oxygens (including phenoxy) is 2. The van der Waals surface area contributed by atoms with E-state index in [0.717, 1.165) is 38.5 Å². The molecule has 0 aliphatic rings. The number of esters is 2. The van der Waals surface area contributed by atoms with E-state index in [4.69, 9.17) is 9.47 Å². The van der Waals surface area contributed by atoms with Gasteiger partial charge in [-0.1, -0.05) is 192 Å². The molecule has 0 bridgehead atoms. The second-order valence-corrected chi connectivity index (χ2v) is 15.5. The Morgan fingerprint density at radius 3 is 0.885 bits per heavy atom. The zero-order valence-electron chi connectivity index (χ0n) is 34.8. The molecule has 1 atom stereocenters. The number of carbonyl (C=O) groups excluding carboxylic acids is 2. The Labute approximate surface area is 323 Å². The molecule has 0 rings (SSSR count). The Morgan fingerprint density at radius 2 is 0.615 bits per heavy atom. The lowest BCUT2D eigenvalue weighted by Crippen LogP contribution is -2.25. The topological polar surface area (TPSA) is 72.8 Å². The molecule has 0 fully saturated rings. The van der Waals surface area contributed by atoms with Gasteiger partial charge in [-0.05, 0) is 64.2 Å². The van der Waals surface area contributed by atoms with Gasteiger partial charge in [-0.3, -0.25) is 9.59 Å². The molecule has 0 saturated heterocycles. The maximum absolute atomic E-state index is 12.0. The van der Waals surface area contributed by atoms with E-state index in [1.807, 2.05) is 0 Å². The maximum Gasteiger partial charge on any atom is 0.305 e. The number of aliphatic hydroxyl groups excluding tert-OH is 1. The summed E-state index contributed by atoms with van der Waals surface area (Å²) in [6.45, 7) is 4.31. The van der Waals surface area contributed by atoms with Crippen LogP contribution in [0.2, 0.25) is 0 Å². The van der Waals surface area contributed by atoms with E-state index in [0.29, 0.717) is 12.8 Å². The van der Waals surface area contributed by atoms with Gasteiger partial charge >= 0.3 is 11.9 Å². The summed E-state index contributed by atoms with van der Waals surface area (Å²) in [5.41, 5.74) is 0. The zero-order chi connectivity index (χ0) is 37.8. The first-order valence-electron chi connectivity index (χ1n) is 22.9.